The van der Waals surface area contributed by atoms with Crippen molar-refractivity contribution >= 4 is 6.03 Å². The molecule has 0 atom stereocenters. The van der Waals surface area contributed by atoms with Gasteiger partial charge in [-0.2, -0.15) is 0 Å². The summed E-state index contributed by atoms with van der Waals surface area (Å²) in [5.41, 5.74) is -1.58. The molecule has 0 saturated heterocycles. The molecule has 0 saturated carbocycles. The minimum absolute atomic E-state index is 0.0880. The summed E-state index contributed by atoms with van der Waals surface area (Å²) in [6.45, 7) is 11.1. The van der Waals surface area contributed by atoms with Gasteiger partial charge >= 0.3 is 23.1 Å². The van der Waals surface area contributed by atoms with Crippen LogP contribution in [0.2, 0.25) is 0 Å². The fourth-order valence-electron chi connectivity index (χ4n) is 1.88. The first-order chi connectivity index (χ1) is 10.9. The van der Waals surface area contributed by atoms with Gasteiger partial charge in [0.05, 0.1) is 0 Å². The highest BCUT2D eigenvalue weighted by Gasteiger charge is 2.11. The van der Waals surface area contributed by atoms with E-state index in [0.717, 1.165) is 13.7 Å². The van der Waals surface area contributed by atoms with Crippen LogP contribution in [0.1, 0.15) is 34.6 Å². The maximum absolute atomic E-state index is 11.7. The fourth-order valence-corrected chi connectivity index (χ4v) is 1.88. The molecule has 132 valence electrons. The van der Waals surface area contributed by atoms with Gasteiger partial charge in [0.15, 0.2) is 0 Å². The van der Waals surface area contributed by atoms with Gasteiger partial charge in [-0.05, 0) is 34.6 Å². The van der Waals surface area contributed by atoms with Crippen molar-refractivity contribution in [1.82, 2.24) is 24.3 Å². The third-order valence-electron chi connectivity index (χ3n) is 3.01. The zero-order valence-electron chi connectivity index (χ0n) is 14.5. The summed E-state index contributed by atoms with van der Waals surface area (Å²) >= 11 is 0. The van der Waals surface area contributed by atoms with Crippen LogP contribution in [-0.2, 0) is 19.6 Å². The van der Waals surface area contributed by atoms with Crippen molar-refractivity contribution in [3.05, 3.63) is 31.5 Å². The van der Waals surface area contributed by atoms with E-state index in [1.54, 1.807) is 20.8 Å². The van der Waals surface area contributed by atoms with Gasteiger partial charge in [0, 0.05) is 32.7 Å². The Hall–Kier alpha value is -2.32. The van der Waals surface area contributed by atoms with Crippen molar-refractivity contribution in [3.63, 3.8) is 0 Å². The van der Waals surface area contributed by atoms with Crippen molar-refractivity contribution in [3.8, 4) is 0 Å². The molecule has 0 bridgehead atoms. The van der Waals surface area contributed by atoms with Crippen LogP contribution >= 0.6 is 0 Å². The lowest BCUT2D eigenvalue weighted by Gasteiger charge is -2.09. The van der Waals surface area contributed by atoms with Gasteiger partial charge in [-0.1, -0.05) is 0 Å². The molecular weight excluding hydrogens is 302 g/mol. The summed E-state index contributed by atoms with van der Waals surface area (Å²) in [6.07, 6.45) is 0. The number of amides is 2. The third-order valence-corrected chi connectivity index (χ3v) is 3.01. The highest BCUT2D eigenvalue weighted by molar-refractivity contribution is 5.73. The second kappa shape index (κ2) is 10.4. The van der Waals surface area contributed by atoms with Crippen LogP contribution in [0.25, 0.3) is 0 Å². The van der Waals surface area contributed by atoms with E-state index in [9.17, 15) is 19.2 Å². The second-order valence-corrected chi connectivity index (χ2v) is 4.47. The molecular formula is C14H27N5O4. The Morgan fingerprint density at radius 1 is 0.696 bits per heavy atom. The zero-order chi connectivity index (χ0) is 18.0. The third kappa shape index (κ3) is 5.42. The van der Waals surface area contributed by atoms with Gasteiger partial charge < -0.3 is 10.6 Å². The van der Waals surface area contributed by atoms with E-state index in [1.165, 1.54) is 0 Å². The van der Waals surface area contributed by atoms with E-state index >= 15 is 0 Å². The molecule has 9 nitrogen and oxygen atoms in total. The lowest BCUT2D eigenvalue weighted by molar-refractivity contribution is 0.242. The number of carbonyl (C=O) groups excluding carboxylic acids is 1. The molecule has 2 N–H and O–H groups in total. The van der Waals surface area contributed by atoms with E-state index in [4.69, 9.17) is 0 Å². The standard InChI is InChI=1S/C9H15N3O3.C5H12N2O/c1-4-10-7(13)11(5-2)9(15)12(6-3)8(10)14;1-3-6-5(8)7-4-2/h4-6H2,1-3H3;3-4H2,1-2H3,(H2,6,7,8). The Balaban J connectivity index is 0.000000515. The number of urea groups is 1. The maximum Gasteiger partial charge on any atom is 0.336 e. The molecule has 2 amide bonds. The molecule has 23 heavy (non-hydrogen) atoms. The summed E-state index contributed by atoms with van der Waals surface area (Å²) in [7, 11) is 0. The lowest BCUT2D eigenvalue weighted by Crippen LogP contribution is -2.53. The first-order valence-corrected chi connectivity index (χ1v) is 7.85. The predicted molar refractivity (Wildman–Crippen MR) is 89.0 cm³/mol. The lowest BCUT2D eigenvalue weighted by atomic mass is 10.6. The van der Waals surface area contributed by atoms with Crippen molar-refractivity contribution in [2.75, 3.05) is 13.1 Å². The van der Waals surface area contributed by atoms with E-state index in [1.807, 2.05) is 13.8 Å². The normalized spacial score (nSPS) is 9.78. The van der Waals surface area contributed by atoms with E-state index in [2.05, 4.69) is 10.6 Å². The minimum Gasteiger partial charge on any atom is -0.338 e. The number of carbonyl (C=O) groups is 1. The molecule has 0 aliphatic heterocycles. The number of nitrogens with one attached hydrogen (secondary N) is 2. The number of nitrogens with zero attached hydrogens (tertiary/aromatic N) is 3. The monoisotopic (exact) mass is 329 g/mol. The van der Waals surface area contributed by atoms with Gasteiger partial charge in [0.1, 0.15) is 0 Å². The Morgan fingerprint density at radius 3 is 1.13 bits per heavy atom. The van der Waals surface area contributed by atoms with Crippen LogP contribution in [0, 0.1) is 0 Å². The molecule has 0 aromatic carbocycles. The molecule has 0 unspecified atom stereocenters. The molecule has 0 aliphatic rings. The summed E-state index contributed by atoms with van der Waals surface area (Å²) in [4.78, 5) is 45.4. The molecule has 9 heteroatoms. The van der Waals surface area contributed by atoms with Crippen molar-refractivity contribution in [2.45, 2.75) is 54.3 Å². The van der Waals surface area contributed by atoms with Crippen LogP contribution in [0.15, 0.2) is 14.4 Å². The number of rotatable bonds is 5. The van der Waals surface area contributed by atoms with Gasteiger partial charge in [-0.25, -0.2) is 32.9 Å². The SMILES string of the molecule is CCNC(=O)NCC.CCn1c(=O)n(CC)c(=O)n(CC)c1=O. The Kier molecular flexibility index (Phi) is 9.36. The summed E-state index contributed by atoms with van der Waals surface area (Å²) in [6, 6.07) is -0.0880. The van der Waals surface area contributed by atoms with E-state index in [-0.39, 0.29) is 25.7 Å². The summed E-state index contributed by atoms with van der Waals surface area (Å²) in [5.74, 6) is 0. The Morgan fingerprint density at radius 2 is 0.957 bits per heavy atom. The van der Waals surface area contributed by atoms with Gasteiger partial charge in [0.25, 0.3) is 0 Å². The molecule has 0 spiro atoms. The maximum atomic E-state index is 11.7. The van der Waals surface area contributed by atoms with Gasteiger partial charge in [-0.3, -0.25) is 0 Å². The highest BCUT2D eigenvalue weighted by Crippen LogP contribution is 1.75. The zero-order valence-corrected chi connectivity index (χ0v) is 14.5. The molecule has 0 fully saturated rings. The highest BCUT2D eigenvalue weighted by atomic mass is 16.2. The molecule has 0 aliphatic carbocycles. The molecule has 1 rings (SSSR count). The number of hydrogen-bond donors (Lipinski definition) is 2. The van der Waals surface area contributed by atoms with Crippen LogP contribution in [-0.4, -0.2) is 32.8 Å². The first kappa shape index (κ1) is 20.7. The van der Waals surface area contributed by atoms with Crippen LogP contribution in [0.5, 0.6) is 0 Å². The average Bonchev–Trinajstić information content (AvgIpc) is 2.50. The smallest absolute Gasteiger partial charge is 0.336 e. The molecule has 0 radical (unpaired) electrons. The number of aromatic nitrogens is 3. The number of hydrogen-bond acceptors (Lipinski definition) is 4. The van der Waals surface area contributed by atoms with Crippen LogP contribution < -0.4 is 27.7 Å². The molecule has 1 aromatic heterocycles. The van der Waals surface area contributed by atoms with Gasteiger partial charge in [-0.15, -0.1) is 0 Å². The topological polar surface area (TPSA) is 107 Å². The van der Waals surface area contributed by atoms with Gasteiger partial charge in [0.2, 0.25) is 0 Å². The minimum atomic E-state index is -0.528. The summed E-state index contributed by atoms with van der Waals surface area (Å²) < 4.78 is 3.19. The van der Waals surface area contributed by atoms with Crippen LogP contribution in [0.3, 0.4) is 0 Å². The van der Waals surface area contributed by atoms with E-state index < -0.39 is 17.1 Å². The van der Waals surface area contributed by atoms with Crippen molar-refractivity contribution < 1.29 is 4.79 Å². The largest absolute Gasteiger partial charge is 0.338 e. The molecule has 1 heterocycles. The first-order valence-electron chi connectivity index (χ1n) is 7.85. The van der Waals surface area contributed by atoms with Crippen molar-refractivity contribution in [2.24, 2.45) is 0 Å². The van der Waals surface area contributed by atoms with Crippen LogP contribution in [0.4, 0.5) is 4.79 Å². The van der Waals surface area contributed by atoms with Crippen molar-refractivity contribution in [1.29, 1.82) is 0 Å². The molecule has 1 aromatic rings. The Labute approximate surface area is 134 Å². The predicted octanol–water partition coefficient (Wildman–Crippen LogP) is -0.443. The quantitative estimate of drug-likeness (QED) is 0.763. The van der Waals surface area contributed by atoms with E-state index in [0.29, 0.717) is 13.1 Å². The average molecular weight is 329 g/mol. The Bertz CT molecular complexity index is 557. The second-order valence-electron chi connectivity index (χ2n) is 4.47. The summed E-state index contributed by atoms with van der Waals surface area (Å²) in [5, 5.41) is 5.19. The fraction of sp³-hybridized carbons (Fsp3) is 0.714.